The van der Waals surface area contributed by atoms with Gasteiger partial charge in [0.2, 0.25) is 0 Å². The third kappa shape index (κ3) is 38.9. The smallest absolute Gasteiger partial charge is 0.152 e. The Balaban J connectivity index is -0.000000553. The summed E-state index contributed by atoms with van der Waals surface area (Å²) in [4.78, 5) is 10.9. The number of carbonyl (C=O) groups excluding carboxylic acids is 1. The molecule has 4 heteroatoms. The minimum Gasteiger partial charge on any atom is -0.295 e. The van der Waals surface area contributed by atoms with E-state index in [-0.39, 0.29) is 11.2 Å². The predicted molar refractivity (Wildman–Crippen MR) is 205 cm³/mol. The summed E-state index contributed by atoms with van der Waals surface area (Å²) in [5.41, 5.74) is 3.05. The van der Waals surface area contributed by atoms with Gasteiger partial charge in [-0.2, -0.15) is 15.8 Å². The van der Waals surface area contributed by atoms with Crippen LogP contribution in [0.25, 0.3) is 0 Å². The van der Waals surface area contributed by atoms with Crippen LogP contribution in [0.1, 0.15) is 183 Å². The van der Waals surface area contributed by atoms with Crippen LogP contribution in [-0.4, -0.2) is 5.78 Å². The lowest BCUT2D eigenvalue weighted by Crippen LogP contribution is -2.19. The third-order valence-electron chi connectivity index (χ3n) is 8.03. The van der Waals surface area contributed by atoms with E-state index < -0.39 is 0 Å². The Hall–Kier alpha value is -3.16. The number of ketones is 1. The molecule has 0 spiro atoms. The number of hydrogen-bond donors (Lipinski definition) is 0. The fraction of sp³-hybridized carbons (Fsp3) is 0.674. The van der Waals surface area contributed by atoms with E-state index in [2.05, 4.69) is 41.5 Å². The number of carbonyl (C=O) groups is 1. The largest absolute Gasteiger partial charge is 0.295 e. The van der Waals surface area contributed by atoms with Crippen LogP contribution in [0, 0.1) is 39.4 Å². The van der Waals surface area contributed by atoms with E-state index in [1.807, 2.05) is 42.5 Å². The summed E-state index contributed by atoms with van der Waals surface area (Å²) in [6.07, 6.45) is 40.7. The second kappa shape index (κ2) is 39.0. The molecule has 0 bridgehead atoms. The van der Waals surface area contributed by atoms with Gasteiger partial charge in [-0.15, -0.1) is 0 Å². The fourth-order valence-corrected chi connectivity index (χ4v) is 5.22. The van der Waals surface area contributed by atoms with Crippen LogP contribution < -0.4 is 0 Å². The SMILES string of the molecule is CC(=O)/C=C/C1=C(C)CCCC1(C)C.CCCCCCC/C=C/C#N.CCCCCCC/C=C/C#N.CCCCCCC/C=C/C#N. The van der Waals surface area contributed by atoms with Crippen molar-refractivity contribution < 1.29 is 4.79 Å². The first kappa shape index (κ1) is 48.2. The van der Waals surface area contributed by atoms with Gasteiger partial charge in [-0.3, -0.25) is 4.79 Å². The first-order chi connectivity index (χ1) is 22.7. The maximum absolute atomic E-state index is 10.9. The van der Waals surface area contributed by atoms with Crippen LogP contribution in [0.15, 0.2) is 59.8 Å². The molecule has 1 aliphatic rings. The molecular formula is C43H71N3O. The highest BCUT2D eigenvalue weighted by Crippen LogP contribution is 2.40. The quantitative estimate of drug-likeness (QED) is 0.0748. The number of hydrogen-bond acceptors (Lipinski definition) is 4. The number of nitrogens with zero attached hydrogens (tertiary/aromatic N) is 3. The topological polar surface area (TPSA) is 88.4 Å². The van der Waals surface area contributed by atoms with Crippen LogP contribution >= 0.6 is 0 Å². The first-order valence-electron chi connectivity index (χ1n) is 18.7. The van der Waals surface area contributed by atoms with Crippen molar-refractivity contribution in [1.82, 2.24) is 0 Å². The van der Waals surface area contributed by atoms with Crippen molar-refractivity contribution in [3.8, 4) is 18.2 Å². The van der Waals surface area contributed by atoms with Gasteiger partial charge in [-0.25, -0.2) is 0 Å². The van der Waals surface area contributed by atoms with Crippen LogP contribution in [0.4, 0.5) is 0 Å². The van der Waals surface area contributed by atoms with Crippen LogP contribution in [0.2, 0.25) is 0 Å². The van der Waals surface area contributed by atoms with E-state index in [0.29, 0.717) is 0 Å². The summed E-state index contributed by atoms with van der Waals surface area (Å²) in [5.74, 6) is 0.131. The zero-order valence-corrected chi connectivity index (χ0v) is 31.7. The summed E-state index contributed by atoms with van der Waals surface area (Å²) >= 11 is 0. The molecule has 0 saturated heterocycles. The molecule has 1 rings (SSSR count). The Bertz CT molecular complexity index is 924. The van der Waals surface area contributed by atoms with E-state index in [1.165, 1.54) is 127 Å². The van der Waals surface area contributed by atoms with Crippen LogP contribution in [-0.2, 0) is 4.79 Å². The molecule has 264 valence electrons. The number of unbranched alkanes of at least 4 members (excludes halogenated alkanes) is 15. The second-order valence-corrected chi connectivity index (χ2v) is 13.1. The molecule has 0 atom stereocenters. The molecule has 0 aromatic carbocycles. The molecule has 0 N–H and O–H groups in total. The van der Waals surface area contributed by atoms with Gasteiger partial charge in [0.15, 0.2) is 5.78 Å². The van der Waals surface area contributed by atoms with E-state index in [9.17, 15) is 4.79 Å². The van der Waals surface area contributed by atoms with Crippen molar-refractivity contribution in [2.24, 2.45) is 5.41 Å². The molecule has 0 saturated carbocycles. The van der Waals surface area contributed by atoms with Gasteiger partial charge in [0.25, 0.3) is 0 Å². The van der Waals surface area contributed by atoms with Gasteiger partial charge in [0.1, 0.15) is 0 Å². The van der Waals surface area contributed by atoms with Gasteiger partial charge in [0.05, 0.1) is 18.2 Å². The van der Waals surface area contributed by atoms with E-state index >= 15 is 0 Å². The van der Waals surface area contributed by atoms with Crippen molar-refractivity contribution in [3.63, 3.8) is 0 Å². The molecular weight excluding hydrogens is 574 g/mol. The van der Waals surface area contributed by atoms with E-state index in [4.69, 9.17) is 15.8 Å². The molecule has 1 aliphatic carbocycles. The summed E-state index contributed by atoms with van der Waals surface area (Å²) < 4.78 is 0. The highest BCUT2D eigenvalue weighted by molar-refractivity contribution is 5.87. The molecule has 0 heterocycles. The minimum atomic E-state index is 0.131. The third-order valence-corrected chi connectivity index (χ3v) is 8.03. The lowest BCUT2D eigenvalue weighted by Gasteiger charge is -2.32. The van der Waals surface area contributed by atoms with Crippen LogP contribution in [0.5, 0.6) is 0 Å². The second-order valence-electron chi connectivity index (χ2n) is 13.1. The summed E-state index contributed by atoms with van der Waals surface area (Å²) in [6.45, 7) is 15.0. The van der Waals surface area contributed by atoms with Gasteiger partial charge in [-0.05, 0) is 88.7 Å². The van der Waals surface area contributed by atoms with Crippen LogP contribution in [0.3, 0.4) is 0 Å². The Kier molecular flexibility index (Phi) is 40.0. The lowest BCUT2D eigenvalue weighted by atomic mass is 9.72. The highest BCUT2D eigenvalue weighted by atomic mass is 16.1. The molecule has 0 unspecified atom stereocenters. The minimum absolute atomic E-state index is 0.131. The fourth-order valence-electron chi connectivity index (χ4n) is 5.22. The molecule has 0 fully saturated rings. The van der Waals surface area contributed by atoms with Crippen molar-refractivity contribution >= 4 is 5.78 Å². The van der Waals surface area contributed by atoms with Gasteiger partial charge < -0.3 is 0 Å². The van der Waals surface area contributed by atoms with Gasteiger partial charge in [-0.1, -0.05) is 142 Å². The maximum atomic E-state index is 10.9. The average Bonchev–Trinajstić information content (AvgIpc) is 3.04. The number of rotatable bonds is 20. The average molecular weight is 646 g/mol. The van der Waals surface area contributed by atoms with Crippen molar-refractivity contribution in [2.45, 2.75) is 183 Å². The van der Waals surface area contributed by atoms with Gasteiger partial charge >= 0.3 is 0 Å². The number of nitriles is 3. The Morgan fingerprint density at radius 2 is 1.02 bits per heavy atom. The zero-order chi connectivity index (χ0) is 35.9. The monoisotopic (exact) mass is 646 g/mol. The predicted octanol–water partition coefficient (Wildman–Crippen LogP) is 13.9. The molecule has 0 radical (unpaired) electrons. The summed E-state index contributed by atoms with van der Waals surface area (Å²) in [5, 5.41) is 24.5. The Labute approximate surface area is 292 Å². The summed E-state index contributed by atoms with van der Waals surface area (Å²) in [7, 11) is 0. The normalized spacial score (nSPS) is 13.6. The Morgan fingerprint density at radius 3 is 1.32 bits per heavy atom. The van der Waals surface area contributed by atoms with Crippen molar-refractivity contribution in [2.75, 3.05) is 0 Å². The molecule has 4 nitrogen and oxygen atoms in total. The van der Waals surface area contributed by atoms with Gasteiger partial charge in [0, 0.05) is 18.2 Å². The van der Waals surface area contributed by atoms with Crippen molar-refractivity contribution in [3.05, 3.63) is 59.8 Å². The first-order valence-corrected chi connectivity index (χ1v) is 18.7. The maximum Gasteiger partial charge on any atom is 0.152 e. The standard InChI is InChI=1S/C13H20O.3C10H17N/c1-10-6-5-9-13(3,4)12(10)8-7-11(2)14;3*1-2-3-4-5-6-7-8-9-10-11/h7-8H,5-6,9H2,1-4H3;3*8-9H,2-7H2,1H3/b8-7+;3*9-8+. The molecule has 0 aromatic rings. The molecule has 47 heavy (non-hydrogen) atoms. The Morgan fingerprint density at radius 1 is 0.660 bits per heavy atom. The number of allylic oxidation sites excluding steroid dienone is 10. The zero-order valence-electron chi connectivity index (χ0n) is 31.7. The lowest BCUT2D eigenvalue weighted by molar-refractivity contribution is -0.112. The van der Waals surface area contributed by atoms with Crippen molar-refractivity contribution in [1.29, 1.82) is 15.8 Å². The molecule has 0 amide bonds. The summed E-state index contributed by atoms with van der Waals surface area (Å²) in [6, 6.07) is 5.97. The highest BCUT2D eigenvalue weighted by Gasteiger charge is 2.26. The van der Waals surface area contributed by atoms with E-state index in [1.54, 1.807) is 31.2 Å². The molecule has 0 aliphatic heterocycles. The van der Waals surface area contributed by atoms with E-state index in [0.717, 1.165) is 19.3 Å². The molecule has 0 aromatic heterocycles.